The molecule has 0 aromatic carbocycles. The molecule has 1 fully saturated rings. The Kier molecular flexibility index (Phi) is 3.15. The van der Waals surface area contributed by atoms with E-state index in [2.05, 4.69) is 35.6 Å². The van der Waals surface area contributed by atoms with Crippen molar-refractivity contribution in [3.8, 4) is 0 Å². The van der Waals surface area contributed by atoms with E-state index in [1.54, 1.807) is 24.0 Å². The maximum Gasteiger partial charge on any atom is 0.212 e. The van der Waals surface area contributed by atoms with E-state index in [0.717, 1.165) is 35.4 Å². The first-order chi connectivity index (χ1) is 10.4. The van der Waals surface area contributed by atoms with Gasteiger partial charge in [0.05, 0.1) is 12.2 Å². The van der Waals surface area contributed by atoms with Crippen LogP contribution in [0.2, 0.25) is 0 Å². The zero-order valence-electron chi connectivity index (χ0n) is 11.4. The van der Waals surface area contributed by atoms with Gasteiger partial charge in [-0.15, -0.1) is 11.3 Å². The van der Waals surface area contributed by atoms with Gasteiger partial charge in [-0.2, -0.15) is 5.10 Å². The quantitative estimate of drug-likeness (QED) is 0.792. The third-order valence-corrected chi connectivity index (χ3v) is 4.50. The minimum Gasteiger partial charge on any atom is -0.364 e. The molecule has 4 rings (SSSR count). The number of thiazole rings is 1. The van der Waals surface area contributed by atoms with Crippen molar-refractivity contribution in [1.29, 1.82) is 0 Å². The summed E-state index contributed by atoms with van der Waals surface area (Å²) in [5.74, 6) is 1.84. The molecule has 4 heterocycles. The van der Waals surface area contributed by atoms with Gasteiger partial charge in [-0.25, -0.2) is 19.5 Å². The van der Waals surface area contributed by atoms with Crippen LogP contribution in [0.5, 0.6) is 0 Å². The third kappa shape index (κ3) is 2.42. The lowest BCUT2D eigenvalue weighted by molar-refractivity contribution is 0.880. The molecule has 0 spiro atoms. The Morgan fingerprint density at radius 3 is 2.95 bits per heavy atom. The van der Waals surface area contributed by atoms with E-state index in [1.807, 2.05) is 10.6 Å². The summed E-state index contributed by atoms with van der Waals surface area (Å²) in [5.41, 5.74) is 1.08. The van der Waals surface area contributed by atoms with E-state index < -0.39 is 0 Å². The first-order valence-corrected chi connectivity index (χ1v) is 7.85. The first kappa shape index (κ1) is 12.5. The van der Waals surface area contributed by atoms with Crippen LogP contribution in [-0.4, -0.2) is 37.7 Å². The Hall–Kier alpha value is -2.22. The summed E-state index contributed by atoms with van der Waals surface area (Å²) in [6.07, 6.45) is 5.68. The summed E-state index contributed by atoms with van der Waals surface area (Å²) >= 11 is 1.59. The molecule has 0 radical (unpaired) electrons. The van der Waals surface area contributed by atoms with Crippen LogP contribution in [0.3, 0.4) is 0 Å². The molecule has 7 nitrogen and oxygen atoms in total. The second kappa shape index (κ2) is 5.28. The fourth-order valence-electron chi connectivity index (χ4n) is 2.54. The molecule has 0 aliphatic carbocycles. The smallest absolute Gasteiger partial charge is 0.212 e. The summed E-state index contributed by atoms with van der Waals surface area (Å²) < 4.78 is 1.85. The molecule has 1 N–H and O–H groups in total. The minimum atomic E-state index is 0.666. The standard InChI is InChI=1S/C13H15N7S/c1-2-4-19(3-1)12-5-11(15-8-16-12)14-6-10-7-21-13-17-9-18-20(10)13/h5,7-9H,1-4,6H2,(H,14,15,16). The van der Waals surface area contributed by atoms with Crippen molar-refractivity contribution in [3.63, 3.8) is 0 Å². The molecule has 3 aromatic rings. The lowest BCUT2D eigenvalue weighted by atomic mass is 10.4. The molecule has 3 aromatic heterocycles. The van der Waals surface area contributed by atoms with E-state index in [9.17, 15) is 0 Å². The number of anilines is 2. The normalized spacial score (nSPS) is 15.0. The molecule has 108 valence electrons. The molecular weight excluding hydrogens is 286 g/mol. The van der Waals surface area contributed by atoms with Gasteiger partial charge in [0.2, 0.25) is 4.96 Å². The highest BCUT2D eigenvalue weighted by atomic mass is 32.1. The SMILES string of the molecule is c1nc(NCc2csc3ncnn23)cc(N2CCCC2)n1. The zero-order chi connectivity index (χ0) is 14.1. The molecule has 1 saturated heterocycles. The largest absolute Gasteiger partial charge is 0.364 e. The van der Waals surface area contributed by atoms with Gasteiger partial charge in [0.15, 0.2) is 0 Å². The lowest BCUT2D eigenvalue weighted by Gasteiger charge is -2.16. The number of hydrogen-bond donors (Lipinski definition) is 1. The number of nitrogens with zero attached hydrogens (tertiary/aromatic N) is 6. The average Bonchev–Trinajstić information content (AvgIpc) is 3.23. The number of hydrogen-bond acceptors (Lipinski definition) is 7. The predicted molar refractivity (Wildman–Crippen MR) is 81.7 cm³/mol. The van der Waals surface area contributed by atoms with Crippen LogP contribution in [0.15, 0.2) is 24.1 Å². The van der Waals surface area contributed by atoms with Gasteiger partial charge >= 0.3 is 0 Å². The average molecular weight is 301 g/mol. The Balaban J connectivity index is 1.49. The molecule has 1 aliphatic rings. The van der Waals surface area contributed by atoms with Crippen molar-refractivity contribution >= 4 is 27.9 Å². The van der Waals surface area contributed by atoms with Crippen LogP contribution in [0, 0.1) is 0 Å². The maximum atomic E-state index is 4.36. The topological polar surface area (TPSA) is 71.2 Å². The van der Waals surface area contributed by atoms with Crippen LogP contribution >= 0.6 is 11.3 Å². The summed E-state index contributed by atoms with van der Waals surface area (Å²) in [5, 5.41) is 9.60. The molecular formula is C13H15N7S. The first-order valence-electron chi connectivity index (χ1n) is 6.97. The van der Waals surface area contributed by atoms with Crippen LogP contribution in [0.1, 0.15) is 18.5 Å². The highest BCUT2D eigenvalue weighted by Crippen LogP contribution is 2.20. The Morgan fingerprint density at radius 2 is 2.05 bits per heavy atom. The van der Waals surface area contributed by atoms with E-state index in [0.29, 0.717) is 6.54 Å². The lowest BCUT2D eigenvalue weighted by Crippen LogP contribution is -2.19. The number of aromatic nitrogens is 5. The van der Waals surface area contributed by atoms with Crippen molar-refractivity contribution in [1.82, 2.24) is 24.6 Å². The van der Waals surface area contributed by atoms with Crippen molar-refractivity contribution in [2.24, 2.45) is 0 Å². The van der Waals surface area contributed by atoms with Gasteiger partial charge in [-0.1, -0.05) is 0 Å². The van der Waals surface area contributed by atoms with Crippen molar-refractivity contribution in [2.45, 2.75) is 19.4 Å². The zero-order valence-corrected chi connectivity index (χ0v) is 12.3. The monoisotopic (exact) mass is 301 g/mol. The van der Waals surface area contributed by atoms with E-state index >= 15 is 0 Å². The highest BCUT2D eigenvalue weighted by molar-refractivity contribution is 7.15. The van der Waals surface area contributed by atoms with E-state index in [1.165, 1.54) is 12.8 Å². The van der Waals surface area contributed by atoms with Crippen molar-refractivity contribution in [2.75, 3.05) is 23.3 Å². The van der Waals surface area contributed by atoms with Crippen LogP contribution in [0.4, 0.5) is 11.6 Å². The fourth-order valence-corrected chi connectivity index (χ4v) is 3.34. The van der Waals surface area contributed by atoms with Gasteiger partial charge in [0.25, 0.3) is 0 Å². The Labute approximate surface area is 125 Å². The summed E-state index contributed by atoms with van der Waals surface area (Å²) in [6, 6.07) is 2.01. The maximum absolute atomic E-state index is 4.36. The second-order valence-corrected chi connectivity index (χ2v) is 5.83. The molecule has 1 aliphatic heterocycles. The van der Waals surface area contributed by atoms with Gasteiger partial charge < -0.3 is 10.2 Å². The van der Waals surface area contributed by atoms with E-state index in [-0.39, 0.29) is 0 Å². The number of nitrogens with one attached hydrogen (secondary N) is 1. The predicted octanol–water partition coefficient (Wildman–Crippen LogP) is 1.79. The van der Waals surface area contributed by atoms with Crippen LogP contribution in [0.25, 0.3) is 4.96 Å². The van der Waals surface area contributed by atoms with Crippen LogP contribution in [-0.2, 0) is 6.54 Å². The molecule has 0 atom stereocenters. The minimum absolute atomic E-state index is 0.666. The molecule has 0 unspecified atom stereocenters. The molecule has 8 heteroatoms. The third-order valence-electron chi connectivity index (χ3n) is 3.62. The molecule has 0 amide bonds. The van der Waals surface area contributed by atoms with Gasteiger partial charge in [0, 0.05) is 24.5 Å². The second-order valence-electron chi connectivity index (χ2n) is 4.99. The Bertz CT molecular complexity index is 744. The van der Waals surface area contributed by atoms with Crippen molar-refractivity contribution < 1.29 is 0 Å². The molecule has 0 bridgehead atoms. The van der Waals surface area contributed by atoms with Gasteiger partial charge in [-0.3, -0.25) is 0 Å². The summed E-state index contributed by atoms with van der Waals surface area (Å²) in [6.45, 7) is 2.83. The number of fused-ring (bicyclic) bond motifs is 1. The summed E-state index contributed by atoms with van der Waals surface area (Å²) in [7, 11) is 0. The Morgan fingerprint density at radius 1 is 1.14 bits per heavy atom. The van der Waals surface area contributed by atoms with E-state index in [4.69, 9.17) is 0 Å². The highest BCUT2D eigenvalue weighted by Gasteiger charge is 2.14. The number of rotatable bonds is 4. The molecule has 21 heavy (non-hydrogen) atoms. The fraction of sp³-hybridized carbons (Fsp3) is 0.385. The van der Waals surface area contributed by atoms with Crippen LogP contribution < -0.4 is 10.2 Å². The van der Waals surface area contributed by atoms with Crippen molar-refractivity contribution in [3.05, 3.63) is 29.8 Å². The van der Waals surface area contributed by atoms with Gasteiger partial charge in [0.1, 0.15) is 24.3 Å². The van der Waals surface area contributed by atoms with Gasteiger partial charge in [-0.05, 0) is 12.8 Å². The summed E-state index contributed by atoms with van der Waals surface area (Å²) in [4.78, 5) is 16.0. The molecule has 0 saturated carbocycles.